The maximum Gasteiger partial charge on any atom is 0.0991 e. The van der Waals surface area contributed by atoms with E-state index in [9.17, 15) is 5.26 Å². The molecule has 0 amide bonds. The van der Waals surface area contributed by atoms with Crippen molar-refractivity contribution in [2.75, 3.05) is 4.90 Å². The van der Waals surface area contributed by atoms with Gasteiger partial charge in [-0.25, -0.2) is 0 Å². The lowest BCUT2D eigenvalue weighted by Crippen LogP contribution is -2.17. The fourth-order valence-corrected chi connectivity index (χ4v) is 5.73. The Morgan fingerprint density at radius 2 is 1.16 bits per heavy atom. The Morgan fingerprint density at radius 3 is 1.79 bits per heavy atom. The standard InChI is InChI=1S/C39H28N4/c40-27-28-1-2-36-26-35(4-3-34(36)25-28)31-9-15-39(16-10-31)43(37-11-5-29(6-12-37)32-17-21-41-22-18-32)38-13-7-30(8-14-38)33-19-23-42-24-20-33/h1-7,9-26,30H,8H2. The van der Waals surface area contributed by atoms with E-state index in [1.165, 1.54) is 5.56 Å². The van der Waals surface area contributed by atoms with Crippen LogP contribution in [0.2, 0.25) is 0 Å². The van der Waals surface area contributed by atoms with Crippen LogP contribution in [0.4, 0.5) is 11.4 Å². The largest absolute Gasteiger partial charge is 0.311 e. The Bertz CT molecular complexity index is 1990. The van der Waals surface area contributed by atoms with Gasteiger partial charge in [0.05, 0.1) is 11.6 Å². The summed E-state index contributed by atoms with van der Waals surface area (Å²) < 4.78 is 0. The van der Waals surface area contributed by atoms with Gasteiger partial charge >= 0.3 is 0 Å². The van der Waals surface area contributed by atoms with Crippen LogP contribution in [0.25, 0.3) is 33.0 Å². The molecule has 43 heavy (non-hydrogen) atoms. The van der Waals surface area contributed by atoms with E-state index in [1.807, 2.05) is 55.1 Å². The first-order chi connectivity index (χ1) is 21.2. The van der Waals surface area contributed by atoms with Gasteiger partial charge in [0.15, 0.2) is 0 Å². The number of aromatic nitrogens is 2. The molecule has 1 aliphatic carbocycles. The Balaban J connectivity index is 1.22. The maximum absolute atomic E-state index is 9.24. The summed E-state index contributed by atoms with van der Waals surface area (Å²) >= 11 is 0. The van der Waals surface area contributed by atoms with E-state index in [4.69, 9.17) is 0 Å². The summed E-state index contributed by atoms with van der Waals surface area (Å²) in [6, 6.07) is 40.2. The third-order valence-electron chi connectivity index (χ3n) is 8.04. The average molecular weight is 553 g/mol. The summed E-state index contributed by atoms with van der Waals surface area (Å²) in [5.74, 6) is 0.335. The van der Waals surface area contributed by atoms with Gasteiger partial charge in [-0.3, -0.25) is 9.97 Å². The zero-order valence-corrected chi connectivity index (χ0v) is 23.5. The minimum Gasteiger partial charge on any atom is -0.311 e. The van der Waals surface area contributed by atoms with Crippen molar-refractivity contribution in [1.29, 1.82) is 5.26 Å². The minimum absolute atomic E-state index is 0.335. The van der Waals surface area contributed by atoms with Crippen molar-refractivity contribution in [3.8, 4) is 28.3 Å². The predicted molar refractivity (Wildman–Crippen MR) is 175 cm³/mol. The topological polar surface area (TPSA) is 52.8 Å². The Kier molecular flexibility index (Phi) is 7.05. The summed E-state index contributed by atoms with van der Waals surface area (Å²) in [4.78, 5) is 10.7. The lowest BCUT2D eigenvalue weighted by molar-refractivity contribution is 0.837. The van der Waals surface area contributed by atoms with Gasteiger partial charge in [-0.05, 0) is 118 Å². The number of hydrogen-bond acceptors (Lipinski definition) is 4. The first-order valence-electron chi connectivity index (χ1n) is 14.4. The number of nitriles is 1. The van der Waals surface area contributed by atoms with Crippen LogP contribution in [0.15, 0.2) is 158 Å². The van der Waals surface area contributed by atoms with E-state index in [0.717, 1.165) is 56.5 Å². The molecule has 1 atom stereocenters. The number of hydrogen-bond donors (Lipinski definition) is 0. The summed E-state index contributed by atoms with van der Waals surface area (Å²) in [5, 5.41) is 11.4. The van der Waals surface area contributed by atoms with Crippen LogP contribution in [0.1, 0.15) is 23.5 Å². The molecule has 0 fully saturated rings. The van der Waals surface area contributed by atoms with E-state index in [-0.39, 0.29) is 0 Å². The average Bonchev–Trinajstić information content (AvgIpc) is 3.09. The van der Waals surface area contributed by atoms with Gasteiger partial charge in [-0.1, -0.05) is 54.6 Å². The van der Waals surface area contributed by atoms with Gasteiger partial charge in [0.25, 0.3) is 0 Å². The lowest BCUT2D eigenvalue weighted by Gasteiger charge is -2.29. The number of nitrogens with zero attached hydrogens (tertiary/aromatic N) is 4. The van der Waals surface area contributed by atoms with Gasteiger partial charge in [-0.2, -0.15) is 5.26 Å². The molecule has 0 radical (unpaired) electrons. The molecule has 2 heterocycles. The summed E-state index contributed by atoms with van der Waals surface area (Å²) in [6.45, 7) is 0. The molecule has 204 valence electrons. The molecular formula is C39H28N4. The maximum atomic E-state index is 9.24. The molecule has 0 bridgehead atoms. The summed E-state index contributed by atoms with van der Waals surface area (Å²) in [7, 11) is 0. The molecule has 2 aromatic heterocycles. The van der Waals surface area contributed by atoms with Gasteiger partial charge in [0.2, 0.25) is 0 Å². The monoisotopic (exact) mass is 552 g/mol. The molecule has 0 saturated carbocycles. The summed E-state index contributed by atoms with van der Waals surface area (Å²) in [5.41, 5.74) is 9.90. The van der Waals surface area contributed by atoms with Gasteiger partial charge in [0.1, 0.15) is 0 Å². The van der Waals surface area contributed by atoms with Crippen molar-refractivity contribution < 1.29 is 0 Å². The number of pyridine rings is 2. The molecule has 6 aromatic rings. The molecule has 1 unspecified atom stereocenters. The number of benzene rings is 4. The Labute approximate surface area is 251 Å². The number of fused-ring (bicyclic) bond motifs is 1. The SMILES string of the molecule is N#Cc1ccc2cc(-c3ccc(N(C4=CCC(c5ccncc5)C=C4)c4ccc(-c5ccncc5)cc4)cc3)ccc2c1. The van der Waals surface area contributed by atoms with Gasteiger partial charge < -0.3 is 4.90 Å². The molecule has 4 heteroatoms. The van der Waals surface area contributed by atoms with Crippen LogP contribution in [0.3, 0.4) is 0 Å². The second-order valence-corrected chi connectivity index (χ2v) is 10.7. The van der Waals surface area contributed by atoms with Crippen molar-refractivity contribution in [2.24, 2.45) is 0 Å². The quantitative estimate of drug-likeness (QED) is 0.206. The predicted octanol–water partition coefficient (Wildman–Crippen LogP) is 9.60. The number of anilines is 2. The zero-order chi connectivity index (χ0) is 29.0. The van der Waals surface area contributed by atoms with E-state index in [0.29, 0.717) is 11.5 Å². The van der Waals surface area contributed by atoms with Crippen LogP contribution in [-0.4, -0.2) is 9.97 Å². The van der Waals surface area contributed by atoms with Gasteiger partial charge in [0, 0.05) is 47.8 Å². The van der Waals surface area contributed by atoms with Crippen LogP contribution >= 0.6 is 0 Å². The zero-order valence-electron chi connectivity index (χ0n) is 23.5. The molecular weight excluding hydrogens is 524 g/mol. The van der Waals surface area contributed by atoms with Gasteiger partial charge in [-0.15, -0.1) is 0 Å². The molecule has 0 N–H and O–H groups in total. The van der Waals surface area contributed by atoms with Crippen LogP contribution < -0.4 is 4.90 Å². The van der Waals surface area contributed by atoms with Crippen LogP contribution in [-0.2, 0) is 0 Å². The minimum atomic E-state index is 0.335. The van der Waals surface area contributed by atoms with E-state index >= 15 is 0 Å². The molecule has 4 nitrogen and oxygen atoms in total. The molecule has 0 aliphatic heterocycles. The van der Waals surface area contributed by atoms with E-state index in [1.54, 1.807) is 0 Å². The third-order valence-corrected chi connectivity index (χ3v) is 8.04. The first-order valence-corrected chi connectivity index (χ1v) is 14.4. The fourth-order valence-electron chi connectivity index (χ4n) is 5.73. The van der Waals surface area contributed by atoms with Crippen LogP contribution in [0, 0.1) is 11.3 Å². The normalized spacial score (nSPS) is 14.2. The van der Waals surface area contributed by atoms with Crippen molar-refractivity contribution in [2.45, 2.75) is 12.3 Å². The molecule has 1 aliphatic rings. The molecule has 0 saturated heterocycles. The van der Waals surface area contributed by atoms with Crippen molar-refractivity contribution >= 4 is 22.1 Å². The smallest absolute Gasteiger partial charge is 0.0991 e. The highest BCUT2D eigenvalue weighted by molar-refractivity contribution is 5.88. The van der Waals surface area contributed by atoms with E-state index in [2.05, 4.69) is 118 Å². The summed E-state index contributed by atoms with van der Waals surface area (Å²) in [6.07, 6.45) is 15.2. The highest BCUT2D eigenvalue weighted by Crippen LogP contribution is 2.37. The fraction of sp³-hybridized carbons (Fsp3) is 0.0513. The second kappa shape index (κ2) is 11.6. The van der Waals surface area contributed by atoms with Crippen molar-refractivity contribution in [1.82, 2.24) is 9.97 Å². The van der Waals surface area contributed by atoms with Crippen molar-refractivity contribution in [3.05, 3.63) is 169 Å². The first kappa shape index (κ1) is 26.1. The highest BCUT2D eigenvalue weighted by Gasteiger charge is 2.18. The Morgan fingerprint density at radius 1 is 0.605 bits per heavy atom. The van der Waals surface area contributed by atoms with Crippen LogP contribution in [0.5, 0.6) is 0 Å². The molecule has 4 aromatic carbocycles. The number of allylic oxidation sites excluding steroid dienone is 3. The van der Waals surface area contributed by atoms with Crippen molar-refractivity contribution in [3.63, 3.8) is 0 Å². The third kappa shape index (κ3) is 5.45. The lowest BCUT2D eigenvalue weighted by atomic mass is 9.92. The second-order valence-electron chi connectivity index (χ2n) is 10.7. The Hall–Kier alpha value is -5.79. The molecule has 0 spiro atoms. The highest BCUT2D eigenvalue weighted by atomic mass is 15.1. The molecule has 7 rings (SSSR count). The van der Waals surface area contributed by atoms with E-state index < -0.39 is 0 Å². The number of rotatable bonds is 6.